The fourth-order valence-electron chi connectivity index (χ4n) is 10.1. The molecule has 0 saturated carbocycles. The van der Waals surface area contributed by atoms with E-state index in [-0.39, 0.29) is 24.8 Å². The van der Waals surface area contributed by atoms with Gasteiger partial charge in [-0.1, -0.05) is 0 Å². The summed E-state index contributed by atoms with van der Waals surface area (Å²) in [5.41, 5.74) is 16.3. The number of benzene rings is 6. The molecule has 2 aliphatic carbocycles. The Morgan fingerprint density at radius 1 is 0.608 bits per heavy atom. The van der Waals surface area contributed by atoms with Crippen molar-refractivity contribution in [3.05, 3.63) is 154 Å². The molecule has 0 bridgehead atoms. The van der Waals surface area contributed by atoms with Gasteiger partial charge in [-0.3, -0.25) is 0 Å². The fourth-order valence-corrected chi connectivity index (χ4v) is 30.6. The summed E-state index contributed by atoms with van der Waals surface area (Å²) in [6, 6.07) is 43.4. The molecule has 0 spiro atoms. The van der Waals surface area contributed by atoms with Crippen molar-refractivity contribution in [1.29, 1.82) is 0 Å². The second kappa shape index (κ2) is 14.1. The molecule has 0 amide bonds. The van der Waals surface area contributed by atoms with Crippen LogP contribution in [-0.2, 0) is 17.4 Å². The minimum atomic E-state index is -3.81. The molecule has 0 fully saturated rings. The third-order valence-corrected chi connectivity index (χ3v) is 29.6. The Morgan fingerprint density at radius 3 is 1.75 bits per heavy atom. The van der Waals surface area contributed by atoms with Gasteiger partial charge in [0.15, 0.2) is 0 Å². The standard InChI is InChI=1S/C24H23.C21H17.2CH3.2ClH.H2Si.Zr/c1-3-8-17(2)20-15-19-11-7-14-23(24(19)16-20)22-13-6-10-18-9-4-5-12-21(18)22;1-14-12-20-15(2)10-11-19(21(20)13-14)18-9-5-7-16-6-3-4-8-17(16)18;;;;;;/h4-7,9-17H,3,8H2,1-2H3;3-13H,1-2H3;2*1H3;2*1H;1H2;. The minimum Gasteiger partial charge on any atom is -0.147 e. The van der Waals surface area contributed by atoms with Gasteiger partial charge in [-0.25, -0.2) is 0 Å². The van der Waals surface area contributed by atoms with E-state index < -0.39 is 17.4 Å². The van der Waals surface area contributed by atoms with Crippen LogP contribution in [0.1, 0.15) is 68.7 Å². The van der Waals surface area contributed by atoms with Gasteiger partial charge >= 0.3 is 297 Å². The first-order valence-corrected chi connectivity index (χ1v) is 31.9. The van der Waals surface area contributed by atoms with Gasteiger partial charge < -0.3 is 0 Å². The smallest absolute Gasteiger partial charge is 0.147 e. The third kappa shape index (κ3) is 6.09. The Balaban J connectivity index is 0.00000224. The Labute approximate surface area is 319 Å². The van der Waals surface area contributed by atoms with Gasteiger partial charge in [0.25, 0.3) is 0 Å². The van der Waals surface area contributed by atoms with Gasteiger partial charge in [-0.2, -0.15) is 0 Å². The summed E-state index contributed by atoms with van der Waals surface area (Å²) in [5, 5.41) is 5.30. The number of allylic oxidation sites excluding steroid dienone is 2. The third-order valence-electron chi connectivity index (χ3n) is 12.1. The second-order valence-corrected chi connectivity index (χ2v) is 46.6. The summed E-state index contributed by atoms with van der Waals surface area (Å²) in [6.07, 6.45) is 7.69. The van der Waals surface area contributed by atoms with E-state index in [1.165, 1.54) is 73.3 Å². The molecule has 6 aromatic rings. The molecule has 0 aliphatic heterocycles. The largest absolute Gasteiger partial charge is 0.147 e. The van der Waals surface area contributed by atoms with E-state index in [1.54, 1.807) is 22.3 Å². The predicted octanol–water partition coefficient (Wildman–Crippen LogP) is 13.8. The van der Waals surface area contributed by atoms with Gasteiger partial charge in [-0.05, 0) is 0 Å². The first kappa shape index (κ1) is 37.7. The van der Waals surface area contributed by atoms with E-state index in [9.17, 15) is 0 Å². The molecule has 8 rings (SSSR count). The molecule has 0 nitrogen and oxygen atoms in total. The van der Waals surface area contributed by atoms with Gasteiger partial charge in [0.2, 0.25) is 0 Å². The maximum Gasteiger partial charge on any atom is -0.147 e. The average Bonchev–Trinajstić information content (AvgIpc) is 3.69. The van der Waals surface area contributed by atoms with Crippen molar-refractivity contribution in [3.8, 4) is 22.3 Å². The summed E-state index contributed by atoms with van der Waals surface area (Å²) in [7, 11) is 0. The molecule has 0 heterocycles. The normalized spacial score (nSPS) is 17.2. The minimum absolute atomic E-state index is 0. The molecule has 2 aliphatic rings. The van der Waals surface area contributed by atoms with Crippen molar-refractivity contribution in [2.75, 3.05) is 0 Å². The van der Waals surface area contributed by atoms with Crippen LogP contribution in [0.25, 0.3) is 56.0 Å². The van der Waals surface area contributed by atoms with Crippen molar-refractivity contribution in [1.82, 2.24) is 0 Å². The van der Waals surface area contributed by atoms with E-state index in [2.05, 4.69) is 171 Å². The Hall–Kier alpha value is -3.00. The van der Waals surface area contributed by atoms with Gasteiger partial charge in [0, 0.05) is 0 Å². The second-order valence-electron chi connectivity index (χ2n) is 16.1. The molecule has 3 unspecified atom stereocenters. The zero-order valence-corrected chi connectivity index (χ0v) is 36.3. The number of rotatable bonds is 7. The topological polar surface area (TPSA) is 0 Å². The predicted molar refractivity (Wildman–Crippen MR) is 229 cm³/mol. The van der Waals surface area contributed by atoms with Gasteiger partial charge in [-0.15, -0.1) is 24.8 Å². The van der Waals surface area contributed by atoms with Crippen LogP contribution in [0.2, 0.25) is 9.26 Å². The molecule has 6 aromatic carbocycles. The number of fused-ring (bicyclic) bond motifs is 4. The maximum atomic E-state index is 2.80. The summed E-state index contributed by atoms with van der Waals surface area (Å²) in [6.45, 7) is 12.2. The summed E-state index contributed by atoms with van der Waals surface area (Å²) < 4.78 is 6.58. The quantitative estimate of drug-likeness (QED) is 0.141. The van der Waals surface area contributed by atoms with E-state index >= 15 is 0 Å². The molecule has 0 aromatic heterocycles. The van der Waals surface area contributed by atoms with Crippen LogP contribution in [0.15, 0.2) is 126 Å². The SMILES string of the molecule is CCCC(C)C1=Cc2c(-c3cccc4ccccc34)cccc2[CH]1[Zr]([CH3])([CH3])(=[SiH2])[CH]1C(C)=Cc2c(-c3cccc4ccccc34)ccc(C)c21.Cl.Cl. The zero-order chi connectivity index (χ0) is 34.1. The van der Waals surface area contributed by atoms with E-state index in [1.807, 2.05) is 0 Å². The number of halogens is 2. The summed E-state index contributed by atoms with van der Waals surface area (Å²) in [4.78, 5) is 0. The number of hydrogen-bond acceptors (Lipinski definition) is 0. The van der Waals surface area contributed by atoms with Crippen LogP contribution >= 0.6 is 24.8 Å². The Morgan fingerprint density at radius 2 is 1.14 bits per heavy atom. The van der Waals surface area contributed by atoms with Crippen LogP contribution < -0.4 is 0 Å². The molecule has 3 atom stereocenters. The molecular weight excluding hydrogens is 755 g/mol. The fraction of sp³-hybridized carbons (Fsp3) is 0.234. The van der Waals surface area contributed by atoms with Crippen molar-refractivity contribution >= 4 is 65.4 Å². The molecule has 0 radical (unpaired) electrons. The van der Waals surface area contributed by atoms with Crippen LogP contribution in [-0.4, -0.2) is 6.88 Å². The first-order valence-electron chi connectivity index (χ1n) is 18.3. The zero-order valence-electron chi connectivity index (χ0n) is 30.8. The first-order chi connectivity index (χ1) is 23.6. The molecule has 0 saturated heterocycles. The molecule has 0 N–H and O–H groups in total. The van der Waals surface area contributed by atoms with E-state index in [4.69, 9.17) is 0 Å². The Kier molecular flexibility index (Phi) is 10.4. The Bertz CT molecular complexity index is 2430. The van der Waals surface area contributed by atoms with Crippen molar-refractivity contribution in [2.24, 2.45) is 5.92 Å². The number of aryl methyl sites for hydroxylation is 1. The van der Waals surface area contributed by atoms with Crippen molar-refractivity contribution in [3.63, 3.8) is 0 Å². The van der Waals surface area contributed by atoms with Crippen LogP contribution in [0, 0.1) is 12.8 Å². The summed E-state index contributed by atoms with van der Waals surface area (Å²) >= 11 is -3.81. The number of hydrogen-bond donors (Lipinski definition) is 0. The van der Waals surface area contributed by atoms with Gasteiger partial charge in [0.05, 0.1) is 0 Å². The molecule has 51 heavy (non-hydrogen) atoms. The van der Waals surface area contributed by atoms with Crippen molar-refractivity contribution < 1.29 is 17.4 Å². The van der Waals surface area contributed by atoms with Gasteiger partial charge in [0.1, 0.15) is 0 Å². The van der Waals surface area contributed by atoms with E-state index in [0.29, 0.717) is 13.2 Å². The van der Waals surface area contributed by atoms with Crippen molar-refractivity contribution in [2.45, 2.75) is 57.1 Å². The average molecular weight is 805 g/mol. The van der Waals surface area contributed by atoms with Crippen LogP contribution in [0.3, 0.4) is 0 Å². The molecular formula is C47H50Cl2SiZr. The van der Waals surface area contributed by atoms with Crippen LogP contribution in [0.5, 0.6) is 0 Å². The molecule has 260 valence electrons. The monoisotopic (exact) mass is 802 g/mol. The maximum absolute atomic E-state index is 3.81. The van der Waals surface area contributed by atoms with Crippen LogP contribution in [0.4, 0.5) is 0 Å². The molecule has 4 heteroatoms. The van der Waals surface area contributed by atoms with E-state index in [0.717, 1.165) is 0 Å². The summed E-state index contributed by atoms with van der Waals surface area (Å²) in [5.74, 6) is 0.550.